The minimum absolute atomic E-state index is 0.000455. The number of aromatic nitrogens is 2. The van der Waals surface area contributed by atoms with Crippen molar-refractivity contribution in [3.05, 3.63) is 58.6 Å². The van der Waals surface area contributed by atoms with Crippen LogP contribution in [0, 0.1) is 0 Å². The van der Waals surface area contributed by atoms with Crippen LogP contribution in [-0.4, -0.2) is 90.5 Å². The maximum absolute atomic E-state index is 14.0. The van der Waals surface area contributed by atoms with Crippen molar-refractivity contribution in [2.75, 3.05) is 40.6 Å². The summed E-state index contributed by atoms with van der Waals surface area (Å²) >= 11 is 0. The fourth-order valence-corrected chi connectivity index (χ4v) is 5.35. The lowest BCUT2D eigenvalue weighted by atomic mass is 10.0. The van der Waals surface area contributed by atoms with Crippen molar-refractivity contribution in [1.29, 1.82) is 0 Å². The molecule has 0 amide bonds. The molecule has 15 nitrogen and oxygen atoms in total. The molecular weight excluding hydrogens is 575 g/mol. The number of rotatable bonds is 18. The molecule has 0 spiro atoms. The second-order valence-electron chi connectivity index (χ2n) is 9.05. The Hall–Kier alpha value is -3.17. The van der Waals surface area contributed by atoms with E-state index in [2.05, 4.69) is 15.2 Å². The van der Waals surface area contributed by atoms with Gasteiger partial charge in [-0.15, -0.1) is 0 Å². The number of aliphatic hydroxyl groups is 2. The summed E-state index contributed by atoms with van der Waals surface area (Å²) in [6, 6.07) is 9.00. The molecule has 5 atom stereocenters. The summed E-state index contributed by atoms with van der Waals surface area (Å²) in [5, 5.41) is 27.2. The molecule has 0 aliphatic heterocycles. The van der Waals surface area contributed by atoms with Crippen LogP contribution in [0.1, 0.15) is 26.3 Å². The molecule has 2 aromatic rings. The van der Waals surface area contributed by atoms with Crippen molar-refractivity contribution < 1.29 is 47.8 Å². The van der Waals surface area contributed by atoms with Gasteiger partial charge in [0.15, 0.2) is 5.72 Å². The molecule has 1 aromatic heterocycles. The monoisotopic (exact) mass is 614 g/mol. The van der Waals surface area contributed by atoms with Gasteiger partial charge in [0.05, 0.1) is 26.9 Å². The van der Waals surface area contributed by atoms with E-state index in [1.54, 1.807) is 44.2 Å². The highest BCUT2D eigenvalue weighted by Crippen LogP contribution is 2.39. The van der Waals surface area contributed by atoms with Gasteiger partial charge in [-0.25, -0.2) is 15.0 Å². The van der Waals surface area contributed by atoms with Crippen LogP contribution in [0.2, 0.25) is 0 Å². The summed E-state index contributed by atoms with van der Waals surface area (Å²) in [5.41, 5.74) is -2.47. The molecular formula is C26H39N4O11P. The Kier molecular flexibility index (Phi) is 13.7. The average Bonchev–Trinajstić information content (AvgIpc) is 2.96. The summed E-state index contributed by atoms with van der Waals surface area (Å²) < 4.78 is 40.6. The molecule has 0 radical (unpaired) electrons. The number of hydrogen-bond donors (Lipinski definition) is 4. The van der Waals surface area contributed by atoms with Crippen molar-refractivity contribution in [3.63, 3.8) is 0 Å². The zero-order valence-electron chi connectivity index (χ0n) is 24.2. The quantitative estimate of drug-likeness (QED) is 0.132. The van der Waals surface area contributed by atoms with E-state index in [4.69, 9.17) is 23.5 Å². The van der Waals surface area contributed by atoms with Crippen molar-refractivity contribution in [3.8, 4) is 5.88 Å². The molecule has 0 saturated carbocycles. The molecule has 0 fully saturated rings. The number of nitrogens with one attached hydrogen (secondary N) is 2. The summed E-state index contributed by atoms with van der Waals surface area (Å²) in [7, 11) is -1.78. The molecule has 1 heterocycles. The second-order valence-corrected chi connectivity index (χ2v) is 11.0. The molecule has 4 unspecified atom stereocenters. The van der Waals surface area contributed by atoms with Gasteiger partial charge in [-0.3, -0.25) is 18.7 Å². The number of ether oxygens (including phenoxy) is 4. The van der Waals surface area contributed by atoms with Gasteiger partial charge in [0.2, 0.25) is 5.88 Å². The molecule has 0 aliphatic carbocycles. The molecule has 4 N–H and O–H groups in total. The van der Waals surface area contributed by atoms with Gasteiger partial charge in [-0.2, -0.15) is 4.98 Å². The van der Waals surface area contributed by atoms with Crippen LogP contribution in [0.3, 0.4) is 0 Å². The van der Waals surface area contributed by atoms with Crippen LogP contribution in [-0.2, 0) is 45.0 Å². The fourth-order valence-electron chi connectivity index (χ4n) is 3.80. The highest BCUT2D eigenvalue weighted by Gasteiger charge is 2.41. The van der Waals surface area contributed by atoms with Crippen molar-refractivity contribution in [2.45, 2.75) is 51.2 Å². The summed E-state index contributed by atoms with van der Waals surface area (Å²) in [5.74, 6) is -1.46. The molecule has 0 bridgehead atoms. The lowest BCUT2D eigenvalue weighted by molar-refractivity contribution is -0.176. The first-order valence-electron chi connectivity index (χ1n) is 13.1. The smallest absolute Gasteiger partial charge is 0.353 e. The largest absolute Gasteiger partial charge is 0.481 e. The number of carbonyl (C=O) groups excluding carboxylic acids is 2. The Morgan fingerprint density at radius 1 is 1.12 bits per heavy atom. The van der Waals surface area contributed by atoms with Gasteiger partial charge < -0.3 is 33.7 Å². The Balaban J connectivity index is 2.32. The summed E-state index contributed by atoms with van der Waals surface area (Å²) in [6.45, 7) is 3.31. The van der Waals surface area contributed by atoms with Crippen molar-refractivity contribution in [2.24, 2.45) is 0 Å². The predicted octanol–water partition coefficient (Wildman–Crippen LogP) is 0.334. The van der Waals surface area contributed by atoms with E-state index >= 15 is 0 Å². The molecule has 234 valence electrons. The topological polar surface area (TPSA) is 197 Å². The Labute approximate surface area is 243 Å². The lowest BCUT2D eigenvalue weighted by Gasteiger charge is -2.35. The minimum atomic E-state index is -4.29. The zero-order chi connectivity index (χ0) is 31.3. The van der Waals surface area contributed by atoms with E-state index in [1.807, 2.05) is 0 Å². The number of methoxy groups -OCH3 is 2. The third kappa shape index (κ3) is 9.98. The number of hydrogen-bond acceptors (Lipinski definition) is 12. The van der Waals surface area contributed by atoms with Crippen LogP contribution >= 0.6 is 7.67 Å². The summed E-state index contributed by atoms with van der Waals surface area (Å²) in [4.78, 5) is 41.0. The maximum atomic E-state index is 14.0. The maximum Gasteiger partial charge on any atom is 0.353 e. The number of benzene rings is 1. The fraction of sp³-hybridized carbons (Fsp3) is 0.538. The van der Waals surface area contributed by atoms with Crippen molar-refractivity contribution >= 4 is 19.6 Å². The highest BCUT2D eigenvalue weighted by atomic mass is 31.2. The second kappa shape index (κ2) is 16.5. The Morgan fingerprint density at radius 3 is 2.36 bits per heavy atom. The van der Waals surface area contributed by atoms with E-state index in [9.17, 15) is 29.2 Å². The van der Waals surface area contributed by atoms with Gasteiger partial charge in [-0.1, -0.05) is 30.3 Å². The van der Waals surface area contributed by atoms with E-state index in [1.165, 1.54) is 26.5 Å². The van der Waals surface area contributed by atoms with Gasteiger partial charge >= 0.3 is 25.3 Å². The predicted molar refractivity (Wildman–Crippen MR) is 150 cm³/mol. The molecule has 2 rings (SSSR count). The van der Waals surface area contributed by atoms with Crippen LogP contribution < -0.4 is 20.6 Å². The number of carbonyl (C=O) groups is 2. The van der Waals surface area contributed by atoms with Crippen LogP contribution in [0.4, 0.5) is 0 Å². The lowest BCUT2D eigenvalue weighted by Crippen LogP contribution is -2.54. The van der Waals surface area contributed by atoms with Gasteiger partial charge in [0.25, 0.3) is 0 Å². The number of nitrogens with zero attached hydrogens (tertiary/aromatic N) is 2. The summed E-state index contributed by atoms with van der Waals surface area (Å²) in [6.07, 6.45) is -1.96. The standard InChI is InChI=1S/C26H39N4O11P/c1-6-39-22(31)16-27-42(36,29-19(24(33)40-7-2)15-18-11-9-8-10-12-18)41-17-20(37-4)23(32)26(3,35)30-14-13-21(38-5)28-25(30)34/h8-14,19-20,23,32,35H,6-7,15-17H2,1-5H3,(H2,27,29,36)/t19-,20?,23?,26?,42?/m0/s1. The molecule has 0 aliphatic rings. The minimum Gasteiger partial charge on any atom is -0.481 e. The average molecular weight is 615 g/mol. The molecule has 0 saturated heterocycles. The van der Waals surface area contributed by atoms with E-state index in [0.717, 1.165) is 17.1 Å². The SMILES string of the molecule is CCOC(=O)CNP(=O)(N[C@@H](Cc1ccccc1)C(=O)OCC)OCC(OC)C(O)C(C)(O)n1ccc(OC)nc1=O. The number of aliphatic hydroxyl groups excluding tert-OH is 1. The first kappa shape index (κ1) is 35.0. The Bertz CT molecular complexity index is 1260. The van der Waals surface area contributed by atoms with Crippen LogP contribution in [0.5, 0.6) is 5.88 Å². The molecule has 16 heteroatoms. The number of esters is 2. The highest BCUT2D eigenvalue weighted by molar-refractivity contribution is 7.54. The third-order valence-corrected chi connectivity index (χ3v) is 7.77. The first-order valence-corrected chi connectivity index (χ1v) is 14.7. The molecule has 1 aromatic carbocycles. The zero-order valence-corrected chi connectivity index (χ0v) is 25.1. The van der Waals surface area contributed by atoms with Gasteiger partial charge in [0.1, 0.15) is 24.8 Å². The van der Waals surface area contributed by atoms with Gasteiger partial charge in [-0.05, 0) is 32.8 Å². The Morgan fingerprint density at radius 2 is 1.79 bits per heavy atom. The first-order chi connectivity index (χ1) is 19.9. The van der Waals surface area contributed by atoms with Gasteiger partial charge in [0, 0.05) is 19.4 Å². The third-order valence-electron chi connectivity index (χ3n) is 6.03. The van der Waals surface area contributed by atoms with Crippen LogP contribution in [0.15, 0.2) is 47.4 Å². The van der Waals surface area contributed by atoms with E-state index < -0.39 is 62.4 Å². The van der Waals surface area contributed by atoms with Crippen LogP contribution in [0.25, 0.3) is 0 Å². The van der Waals surface area contributed by atoms with E-state index in [0.29, 0.717) is 0 Å². The van der Waals surface area contributed by atoms with E-state index in [-0.39, 0.29) is 25.5 Å². The van der Waals surface area contributed by atoms with Crippen molar-refractivity contribution in [1.82, 2.24) is 19.7 Å². The molecule has 42 heavy (non-hydrogen) atoms. The normalized spacial score (nSPS) is 16.4.